The lowest BCUT2D eigenvalue weighted by atomic mass is 10.2. The number of nitrogens with zero attached hydrogens (tertiary/aromatic N) is 1. The molecule has 6 heteroatoms. The van der Waals surface area contributed by atoms with Crippen molar-refractivity contribution in [3.05, 3.63) is 62.8 Å². The second-order valence-corrected chi connectivity index (χ2v) is 8.23. The van der Waals surface area contributed by atoms with Crippen LogP contribution in [0.3, 0.4) is 0 Å². The first-order valence-corrected chi connectivity index (χ1v) is 9.81. The number of carbonyl (C=O) groups is 1. The molecule has 3 aromatic rings. The van der Waals surface area contributed by atoms with Crippen molar-refractivity contribution in [2.45, 2.75) is 24.5 Å². The molecule has 0 saturated carbocycles. The molecule has 2 heterocycles. The van der Waals surface area contributed by atoms with E-state index in [4.69, 9.17) is 0 Å². The lowest BCUT2D eigenvalue weighted by Gasteiger charge is -2.08. The van der Waals surface area contributed by atoms with Gasteiger partial charge in [0.15, 0.2) is 5.13 Å². The predicted octanol–water partition coefficient (Wildman–Crippen LogP) is 5.37. The molecule has 3 nitrogen and oxygen atoms in total. The fourth-order valence-electron chi connectivity index (χ4n) is 2.01. The summed E-state index contributed by atoms with van der Waals surface area (Å²) in [5.41, 5.74) is 1.66. The van der Waals surface area contributed by atoms with Gasteiger partial charge in [-0.2, -0.15) is 0 Å². The van der Waals surface area contributed by atoms with E-state index in [-0.39, 0.29) is 5.91 Å². The van der Waals surface area contributed by atoms with Gasteiger partial charge in [0.2, 0.25) is 0 Å². The van der Waals surface area contributed by atoms with Crippen LogP contribution >= 0.6 is 34.4 Å². The highest BCUT2D eigenvalue weighted by atomic mass is 32.2. The minimum Gasteiger partial charge on any atom is -0.298 e. The lowest BCUT2D eigenvalue weighted by Crippen LogP contribution is -2.12. The number of aryl methyl sites for hydroxylation is 2. The molecule has 0 radical (unpaired) electrons. The molecule has 1 N–H and O–H groups in total. The molecule has 0 aliphatic rings. The predicted molar refractivity (Wildman–Crippen MR) is 99.9 cm³/mol. The van der Waals surface area contributed by atoms with E-state index in [1.165, 1.54) is 16.2 Å². The molecule has 3 rings (SSSR count). The maximum absolute atomic E-state index is 12.6. The van der Waals surface area contributed by atoms with Crippen LogP contribution in [0.4, 0.5) is 5.13 Å². The maximum atomic E-state index is 12.6. The molecule has 0 fully saturated rings. The van der Waals surface area contributed by atoms with Crippen LogP contribution in [0, 0.1) is 13.8 Å². The summed E-state index contributed by atoms with van der Waals surface area (Å²) < 4.78 is 0. The summed E-state index contributed by atoms with van der Waals surface area (Å²) in [6, 6.07) is 11.9. The summed E-state index contributed by atoms with van der Waals surface area (Å²) >= 11 is 4.92. The van der Waals surface area contributed by atoms with Crippen LogP contribution in [0.5, 0.6) is 0 Å². The van der Waals surface area contributed by atoms with Gasteiger partial charge < -0.3 is 0 Å². The van der Waals surface area contributed by atoms with Crippen molar-refractivity contribution in [1.29, 1.82) is 0 Å². The molecule has 2 aromatic heterocycles. The van der Waals surface area contributed by atoms with Gasteiger partial charge in [0.25, 0.3) is 5.91 Å². The number of anilines is 1. The first-order valence-electron chi connectivity index (χ1n) is 7.13. The zero-order valence-electron chi connectivity index (χ0n) is 12.8. The van der Waals surface area contributed by atoms with Crippen molar-refractivity contribution >= 4 is 45.5 Å². The summed E-state index contributed by atoms with van der Waals surface area (Å²) in [6.45, 7) is 3.96. The fraction of sp³-hybridized carbons (Fsp3) is 0.176. The number of hydrogen-bond acceptors (Lipinski definition) is 5. The molecule has 1 amide bonds. The van der Waals surface area contributed by atoms with Gasteiger partial charge in [-0.3, -0.25) is 10.1 Å². The maximum Gasteiger partial charge on any atom is 0.258 e. The molecule has 1 aromatic carbocycles. The van der Waals surface area contributed by atoms with Crippen molar-refractivity contribution in [1.82, 2.24) is 4.98 Å². The highest BCUT2D eigenvalue weighted by Crippen LogP contribution is 2.29. The topological polar surface area (TPSA) is 42.0 Å². The van der Waals surface area contributed by atoms with Crippen LogP contribution in [-0.4, -0.2) is 10.9 Å². The Morgan fingerprint density at radius 3 is 2.74 bits per heavy atom. The van der Waals surface area contributed by atoms with Crippen molar-refractivity contribution in [2.75, 3.05) is 5.32 Å². The van der Waals surface area contributed by atoms with Gasteiger partial charge >= 0.3 is 0 Å². The summed E-state index contributed by atoms with van der Waals surface area (Å²) in [5, 5.41) is 5.64. The van der Waals surface area contributed by atoms with E-state index in [1.807, 2.05) is 44.2 Å². The van der Waals surface area contributed by atoms with E-state index in [0.29, 0.717) is 10.7 Å². The summed E-state index contributed by atoms with van der Waals surface area (Å²) in [6.07, 6.45) is 0. The summed E-state index contributed by atoms with van der Waals surface area (Å²) in [7, 11) is 0. The van der Waals surface area contributed by atoms with Crippen LogP contribution in [0.25, 0.3) is 0 Å². The zero-order valence-corrected chi connectivity index (χ0v) is 15.3. The third kappa shape index (κ3) is 4.02. The molecule has 0 unspecified atom stereocenters. The highest BCUT2D eigenvalue weighted by molar-refractivity contribution is 7.98. The number of thioether (sulfide) groups is 1. The van der Waals surface area contributed by atoms with Gasteiger partial charge in [0.1, 0.15) is 0 Å². The largest absolute Gasteiger partial charge is 0.298 e. The van der Waals surface area contributed by atoms with Gasteiger partial charge in [0, 0.05) is 20.4 Å². The number of hydrogen-bond donors (Lipinski definition) is 1. The Labute approximate surface area is 147 Å². The van der Waals surface area contributed by atoms with Gasteiger partial charge in [-0.05, 0) is 37.4 Å². The molecule has 0 aliphatic heterocycles. The standard InChI is InChI=1S/C17H16N2OS3/c1-11-12(2)23-17(18-11)19-16(20)14-7-3-4-8-15(14)22-10-13-6-5-9-21-13/h3-9H,10H2,1-2H3,(H,18,19,20). The molecule has 0 bridgehead atoms. The van der Waals surface area contributed by atoms with Crippen LogP contribution in [0.1, 0.15) is 25.8 Å². The van der Waals surface area contributed by atoms with E-state index in [1.54, 1.807) is 23.1 Å². The number of amides is 1. The number of thiophene rings is 1. The Bertz CT molecular complexity index is 790. The van der Waals surface area contributed by atoms with Gasteiger partial charge in [0.05, 0.1) is 11.3 Å². The molecular formula is C17H16N2OS3. The molecule has 118 valence electrons. The number of rotatable bonds is 5. The first kappa shape index (κ1) is 16.2. The van der Waals surface area contributed by atoms with Gasteiger partial charge in [-0.1, -0.05) is 18.2 Å². The Morgan fingerprint density at radius 1 is 1.22 bits per heavy atom. The van der Waals surface area contributed by atoms with Crippen molar-refractivity contribution in [3.63, 3.8) is 0 Å². The quantitative estimate of drug-likeness (QED) is 0.622. The molecule has 23 heavy (non-hydrogen) atoms. The number of nitrogens with one attached hydrogen (secondary N) is 1. The summed E-state index contributed by atoms with van der Waals surface area (Å²) in [5.74, 6) is 0.769. The number of benzene rings is 1. The average Bonchev–Trinajstić information content (AvgIpc) is 3.16. The first-order chi connectivity index (χ1) is 11.1. The Morgan fingerprint density at radius 2 is 2.04 bits per heavy atom. The monoisotopic (exact) mass is 360 g/mol. The highest BCUT2D eigenvalue weighted by Gasteiger charge is 2.14. The molecule has 0 saturated heterocycles. The number of aromatic nitrogens is 1. The Kier molecular flexibility index (Phi) is 5.15. The van der Waals surface area contributed by atoms with E-state index < -0.39 is 0 Å². The second-order valence-electron chi connectivity index (χ2n) is 4.98. The van der Waals surface area contributed by atoms with Gasteiger partial charge in [-0.15, -0.1) is 34.4 Å². The van der Waals surface area contributed by atoms with E-state index >= 15 is 0 Å². The SMILES string of the molecule is Cc1nc(NC(=O)c2ccccc2SCc2cccs2)sc1C. The van der Waals surface area contributed by atoms with Crippen LogP contribution in [-0.2, 0) is 5.75 Å². The van der Waals surface area contributed by atoms with Crippen molar-refractivity contribution in [2.24, 2.45) is 0 Å². The molecule has 0 spiro atoms. The third-order valence-electron chi connectivity index (χ3n) is 3.33. The summed E-state index contributed by atoms with van der Waals surface area (Å²) in [4.78, 5) is 20.4. The minimum atomic E-state index is -0.104. The fourth-order valence-corrected chi connectivity index (χ4v) is 4.65. The number of thiazole rings is 1. The molecular weight excluding hydrogens is 344 g/mol. The van der Waals surface area contributed by atoms with E-state index in [9.17, 15) is 4.79 Å². The van der Waals surface area contributed by atoms with Crippen LogP contribution < -0.4 is 5.32 Å². The average molecular weight is 361 g/mol. The molecule has 0 atom stereocenters. The smallest absolute Gasteiger partial charge is 0.258 e. The Hall–Kier alpha value is -1.63. The Balaban J connectivity index is 1.74. The van der Waals surface area contributed by atoms with Crippen molar-refractivity contribution in [3.8, 4) is 0 Å². The third-order valence-corrected chi connectivity index (χ3v) is 6.50. The zero-order chi connectivity index (χ0) is 16.2. The van der Waals surface area contributed by atoms with E-state index in [0.717, 1.165) is 21.2 Å². The number of carbonyl (C=O) groups excluding carboxylic acids is 1. The van der Waals surface area contributed by atoms with Crippen LogP contribution in [0.15, 0.2) is 46.7 Å². The normalized spacial score (nSPS) is 10.7. The second kappa shape index (κ2) is 7.29. The van der Waals surface area contributed by atoms with Crippen LogP contribution in [0.2, 0.25) is 0 Å². The van der Waals surface area contributed by atoms with E-state index in [2.05, 4.69) is 21.7 Å². The lowest BCUT2D eigenvalue weighted by molar-refractivity contribution is 0.102. The van der Waals surface area contributed by atoms with Gasteiger partial charge in [-0.25, -0.2) is 4.98 Å². The van der Waals surface area contributed by atoms with Crippen molar-refractivity contribution < 1.29 is 4.79 Å². The minimum absolute atomic E-state index is 0.104. The molecule has 0 aliphatic carbocycles.